The molecule has 0 N–H and O–H groups in total. The molecular weight excluding hydrogens is 468 g/mol. The van der Waals surface area contributed by atoms with Crippen molar-refractivity contribution in [3.63, 3.8) is 0 Å². The second-order valence-corrected chi connectivity index (χ2v) is 11.5. The lowest BCUT2D eigenvalue weighted by molar-refractivity contribution is -0.184. The van der Waals surface area contributed by atoms with Crippen LogP contribution in [-0.4, -0.2) is 42.6 Å². The van der Waals surface area contributed by atoms with Crippen LogP contribution in [0.5, 0.6) is 0 Å². The molecule has 0 spiro atoms. The van der Waals surface area contributed by atoms with E-state index in [1.54, 1.807) is 6.92 Å². The average Bonchev–Trinajstić information content (AvgIpc) is 3.16. The first-order chi connectivity index (χ1) is 17.6. The fourth-order valence-electron chi connectivity index (χ4n) is 8.07. The zero-order valence-electron chi connectivity index (χ0n) is 22.2. The van der Waals surface area contributed by atoms with E-state index in [0.29, 0.717) is 18.4 Å². The predicted molar refractivity (Wildman–Crippen MR) is 138 cm³/mol. The van der Waals surface area contributed by atoms with Gasteiger partial charge in [0.25, 0.3) is 0 Å². The van der Waals surface area contributed by atoms with E-state index < -0.39 is 17.0 Å². The molecule has 0 aromatic heterocycles. The van der Waals surface area contributed by atoms with Gasteiger partial charge in [-0.1, -0.05) is 30.7 Å². The van der Waals surface area contributed by atoms with Crippen LogP contribution in [-0.2, 0) is 23.9 Å². The van der Waals surface area contributed by atoms with Gasteiger partial charge in [0, 0.05) is 37.4 Å². The molecule has 0 heterocycles. The molecule has 2 fully saturated rings. The summed E-state index contributed by atoms with van der Waals surface area (Å²) in [4.78, 5) is 50.5. The third kappa shape index (κ3) is 4.04. The Morgan fingerprint density at radius 3 is 2.57 bits per heavy atom. The molecular formula is C31H36O6. The number of hydrogen-bond donors (Lipinski definition) is 0. The van der Waals surface area contributed by atoms with Crippen molar-refractivity contribution >= 4 is 23.3 Å². The lowest BCUT2D eigenvalue weighted by Gasteiger charge is -2.52. The highest BCUT2D eigenvalue weighted by molar-refractivity contribution is 5.96. The highest BCUT2D eigenvalue weighted by atomic mass is 16.6. The van der Waals surface area contributed by atoms with Crippen LogP contribution in [0.25, 0.3) is 0 Å². The summed E-state index contributed by atoms with van der Waals surface area (Å²) in [7, 11) is 1.50. The number of esters is 1. The normalized spacial score (nSPS) is 32.7. The van der Waals surface area contributed by atoms with Gasteiger partial charge in [-0.05, 0) is 86.1 Å². The van der Waals surface area contributed by atoms with E-state index in [4.69, 9.17) is 9.47 Å². The number of methoxy groups -OCH3 is 1. The summed E-state index contributed by atoms with van der Waals surface area (Å²) in [5.41, 5.74) is 3.83. The van der Waals surface area contributed by atoms with Crippen molar-refractivity contribution in [1.29, 1.82) is 0 Å². The summed E-state index contributed by atoms with van der Waals surface area (Å²) in [5, 5.41) is 0. The van der Waals surface area contributed by atoms with Gasteiger partial charge < -0.3 is 9.47 Å². The average molecular weight is 505 g/mol. The SMILES string of the molecule is COCC(=O)[C@@]1(OC(C)=O)CC[C@H]2[C@@H]3CCC4=CC(=O)C[C@@H](c5cccc(C(C)=O)c5)C4=C3CC[C@@]21C. The molecule has 4 aliphatic rings. The van der Waals surface area contributed by atoms with Crippen molar-refractivity contribution in [3.05, 3.63) is 58.2 Å². The van der Waals surface area contributed by atoms with Crippen molar-refractivity contribution in [1.82, 2.24) is 0 Å². The van der Waals surface area contributed by atoms with E-state index in [2.05, 4.69) is 6.92 Å². The largest absolute Gasteiger partial charge is 0.451 e. The zero-order valence-corrected chi connectivity index (χ0v) is 22.2. The molecule has 0 saturated heterocycles. The first kappa shape index (κ1) is 25.8. The summed E-state index contributed by atoms with van der Waals surface area (Å²) in [6, 6.07) is 7.70. The molecule has 0 aliphatic heterocycles. The molecule has 37 heavy (non-hydrogen) atoms. The Hall–Kier alpha value is -2.86. The fraction of sp³-hybridized carbons (Fsp3) is 0.548. The van der Waals surface area contributed by atoms with E-state index in [9.17, 15) is 19.2 Å². The molecule has 1 aromatic carbocycles. The molecule has 6 heteroatoms. The number of ketones is 3. The van der Waals surface area contributed by atoms with Gasteiger partial charge in [0.2, 0.25) is 5.78 Å². The molecule has 5 rings (SSSR count). The van der Waals surface area contributed by atoms with Crippen molar-refractivity contribution in [2.45, 2.75) is 77.2 Å². The van der Waals surface area contributed by atoms with Gasteiger partial charge in [0.05, 0.1) is 0 Å². The zero-order chi connectivity index (χ0) is 26.5. The van der Waals surface area contributed by atoms with E-state index in [-0.39, 0.29) is 41.7 Å². The highest BCUT2D eigenvalue weighted by Crippen LogP contribution is 2.65. The summed E-state index contributed by atoms with van der Waals surface area (Å²) in [6.45, 7) is 5.01. The van der Waals surface area contributed by atoms with Crippen LogP contribution in [0.2, 0.25) is 0 Å². The van der Waals surface area contributed by atoms with Crippen LogP contribution in [0.4, 0.5) is 0 Å². The fourth-order valence-corrected chi connectivity index (χ4v) is 8.07. The van der Waals surface area contributed by atoms with Gasteiger partial charge in [-0.25, -0.2) is 0 Å². The number of hydrogen-bond acceptors (Lipinski definition) is 6. The van der Waals surface area contributed by atoms with Crippen LogP contribution in [0.15, 0.2) is 47.1 Å². The Morgan fingerprint density at radius 1 is 1.08 bits per heavy atom. The highest BCUT2D eigenvalue weighted by Gasteiger charge is 2.66. The van der Waals surface area contributed by atoms with Crippen LogP contribution in [0.3, 0.4) is 0 Å². The third-order valence-electron chi connectivity index (χ3n) is 9.64. The molecule has 0 bridgehead atoms. The van der Waals surface area contributed by atoms with Gasteiger partial charge in [-0.2, -0.15) is 0 Å². The minimum atomic E-state index is -1.16. The Balaban J connectivity index is 1.59. The van der Waals surface area contributed by atoms with Crippen molar-refractivity contribution in [2.24, 2.45) is 17.3 Å². The summed E-state index contributed by atoms with van der Waals surface area (Å²) >= 11 is 0. The number of carbonyl (C=O) groups excluding carboxylic acids is 4. The second kappa shape index (κ2) is 9.46. The molecule has 0 unspecified atom stereocenters. The molecule has 1 aromatic rings. The maximum absolute atomic E-state index is 13.4. The number of benzene rings is 1. The van der Waals surface area contributed by atoms with E-state index in [0.717, 1.165) is 43.2 Å². The lowest BCUT2D eigenvalue weighted by Crippen LogP contribution is -2.57. The maximum atomic E-state index is 13.4. The number of carbonyl (C=O) groups is 4. The van der Waals surface area contributed by atoms with Crippen molar-refractivity contribution in [2.75, 3.05) is 13.7 Å². The molecule has 4 aliphatic carbocycles. The Morgan fingerprint density at radius 2 is 1.86 bits per heavy atom. The molecule has 6 nitrogen and oxygen atoms in total. The summed E-state index contributed by atoms with van der Waals surface area (Å²) in [6.07, 6.45) is 6.83. The predicted octanol–water partition coefficient (Wildman–Crippen LogP) is 5.31. The third-order valence-corrected chi connectivity index (χ3v) is 9.64. The minimum Gasteiger partial charge on any atom is -0.451 e. The molecule has 0 radical (unpaired) electrons. The lowest BCUT2D eigenvalue weighted by atomic mass is 9.53. The Bertz CT molecular complexity index is 1240. The van der Waals surface area contributed by atoms with Crippen molar-refractivity contribution < 1.29 is 28.7 Å². The van der Waals surface area contributed by atoms with Crippen LogP contribution < -0.4 is 0 Å². The van der Waals surface area contributed by atoms with Crippen LogP contribution >= 0.6 is 0 Å². The van der Waals surface area contributed by atoms with E-state index in [1.165, 1.54) is 25.2 Å². The number of fused-ring (bicyclic) bond motifs is 4. The van der Waals surface area contributed by atoms with Gasteiger partial charge >= 0.3 is 5.97 Å². The smallest absolute Gasteiger partial charge is 0.303 e. The van der Waals surface area contributed by atoms with Crippen LogP contribution in [0.1, 0.15) is 87.6 Å². The van der Waals surface area contributed by atoms with Gasteiger partial charge in [-0.15, -0.1) is 0 Å². The topological polar surface area (TPSA) is 86.7 Å². The number of Topliss-reactive ketones (excluding diaryl/α,β-unsaturated/α-hetero) is 2. The molecule has 2 saturated carbocycles. The minimum absolute atomic E-state index is 0.0147. The number of allylic oxidation sites excluding steroid dienone is 4. The Kier molecular flexibility index (Phi) is 6.59. The van der Waals surface area contributed by atoms with Gasteiger partial charge in [-0.3, -0.25) is 19.2 Å². The Labute approximate surface area is 218 Å². The first-order valence-electron chi connectivity index (χ1n) is 13.4. The second-order valence-electron chi connectivity index (χ2n) is 11.5. The van der Waals surface area contributed by atoms with Crippen LogP contribution in [0, 0.1) is 17.3 Å². The van der Waals surface area contributed by atoms with Gasteiger partial charge in [0.1, 0.15) is 6.61 Å². The van der Waals surface area contributed by atoms with Gasteiger partial charge in [0.15, 0.2) is 17.2 Å². The summed E-state index contributed by atoms with van der Waals surface area (Å²) in [5.74, 6) is -0.0239. The van der Waals surface area contributed by atoms with Crippen molar-refractivity contribution in [3.8, 4) is 0 Å². The standard InChI is InChI=1S/C31H36O6/c1-18(32)20-6-5-7-21(14-20)26-16-23(34)15-22-8-9-24-25(29(22)26)10-12-30(3)27(24)11-13-31(30,37-19(2)33)28(35)17-36-4/h5-7,14-15,24,26-27H,8-13,16-17H2,1-4H3/t24-,26+,27+,30+,31+/m1/s1. The molecule has 5 atom stereocenters. The first-order valence-corrected chi connectivity index (χ1v) is 13.4. The van der Waals surface area contributed by atoms with E-state index in [1.807, 2.05) is 30.3 Å². The quantitative estimate of drug-likeness (QED) is 0.386. The monoisotopic (exact) mass is 504 g/mol. The molecule has 196 valence electrons. The maximum Gasteiger partial charge on any atom is 0.303 e. The number of ether oxygens (including phenoxy) is 2. The number of rotatable bonds is 6. The molecule has 0 amide bonds. The summed E-state index contributed by atoms with van der Waals surface area (Å²) < 4.78 is 11.2. The van der Waals surface area contributed by atoms with E-state index >= 15 is 0 Å².